The molecular weight excluding hydrogens is 228 g/mol. The number of thiocarbonyl (C=S) groups is 1. The standard InChI is InChI=1S/C10H12N2O3S/c1-12(9(16)11-10(13)14)7-3-5-8(15-2)6-4-7/h3-6H,1-2H3,(H,11,16)(H,13,14). The Morgan fingerprint density at radius 3 is 2.44 bits per heavy atom. The Morgan fingerprint density at radius 2 is 2.00 bits per heavy atom. The van der Waals surface area contributed by atoms with Crippen LogP contribution in [0, 0.1) is 0 Å². The van der Waals surface area contributed by atoms with Crippen LogP contribution < -0.4 is 15.0 Å². The van der Waals surface area contributed by atoms with Gasteiger partial charge in [-0.3, -0.25) is 5.32 Å². The molecule has 5 nitrogen and oxygen atoms in total. The maximum atomic E-state index is 10.4. The molecule has 0 saturated heterocycles. The van der Waals surface area contributed by atoms with E-state index >= 15 is 0 Å². The predicted octanol–water partition coefficient (Wildman–Crippen LogP) is 1.68. The minimum Gasteiger partial charge on any atom is -0.497 e. The average Bonchev–Trinajstić information content (AvgIpc) is 2.27. The number of carbonyl (C=O) groups is 1. The summed E-state index contributed by atoms with van der Waals surface area (Å²) >= 11 is 4.90. The molecule has 2 N–H and O–H groups in total. The lowest BCUT2D eigenvalue weighted by Crippen LogP contribution is -2.39. The van der Waals surface area contributed by atoms with E-state index in [1.807, 2.05) is 0 Å². The summed E-state index contributed by atoms with van der Waals surface area (Å²) in [7, 11) is 3.26. The molecule has 1 aromatic carbocycles. The fraction of sp³-hybridized carbons (Fsp3) is 0.200. The van der Waals surface area contributed by atoms with Crippen molar-refractivity contribution in [3.8, 4) is 5.75 Å². The summed E-state index contributed by atoms with van der Waals surface area (Å²) in [5.74, 6) is 0.731. The van der Waals surface area contributed by atoms with Gasteiger partial charge in [-0.25, -0.2) is 4.79 Å². The highest BCUT2D eigenvalue weighted by atomic mass is 32.1. The second-order valence-electron chi connectivity index (χ2n) is 2.99. The molecule has 0 unspecified atom stereocenters. The van der Waals surface area contributed by atoms with Crippen LogP contribution in [-0.2, 0) is 0 Å². The summed E-state index contributed by atoms with van der Waals surface area (Å²) in [5, 5.41) is 10.8. The number of carboxylic acid groups (broad SMARTS) is 1. The molecule has 0 fully saturated rings. The van der Waals surface area contributed by atoms with Gasteiger partial charge in [0.25, 0.3) is 0 Å². The van der Waals surface area contributed by atoms with Gasteiger partial charge in [0.2, 0.25) is 0 Å². The predicted molar refractivity (Wildman–Crippen MR) is 65.2 cm³/mol. The number of amides is 1. The molecule has 0 bridgehead atoms. The summed E-state index contributed by atoms with van der Waals surface area (Å²) in [6, 6.07) is 7.12. The van der Waals surface area contributed by atoms with E-state index in [-0.39, 0.29) is 5.11 Å². The average molecular weight is 240 g/mol. The van der Waals surface area contributed by atoms with Crippen LogP contribution in [0.4, 0.5) is 10.5 Å². The monoisotopic (exact) mass is 240 g/mol. The molecule has 0 radical (unpaired) electrons. The lowest BCUT2D eigenvalue weighted by Gasteiger charge is -2.19. The maximum absolute atomic E-state index is 10.4. The van der Waals surface area contributed by atoms with Crippen LogP contribution in [0.5, 0.6) is 5.75 Å². The van der Waals surface area contributed by atoms with Crippen molar-refractivity contribution < 1.29 is 14.6 Å². The molecule has 0 aliphatic carbocycles. The SMILES string of the molecule is COc1ccc(N(C)C(=S)NC(=O)O)cc1. The molecule has 1 aromatic rings. The molecule has 0 spiro atoms. The van der Waals surface area contributed by atoms with Crippen molar-refractivity contribution in [2.45, 2.75) is 0 Å². The zero-order valence-corrected chi connectivity index (χ0v) is 9.75. The van der Waals surface area contributed by atoms with E-state index in [1.165, 1.54) is 0 Å². The van der Waals surface area contributed by atoms with Gasteiger partial charge in [-0.2, -0.15) is 0 Å². The smallest absolute Gasteiger partial charge is 0.410 e. The van der Waals surface area contributed by atoms with Gasteiger partial charge >= 0.3 is 6.09 Å². The first-order valence-corrected chi connectivity index (χ1v) is 4.87. The molecule has 0 aromatic heterocycles. The van der Waals surface area contributed by atoms with E-state index in [0.717, 1.165) is 11.4 Å². The lowest BCUT2D eigenvalue weighted by molar-refractivity contribution is 0.200. The molecule has 0 atom stereocenters. The number of ether oxygens (including phenoxy) is 1. The molecular formula is C10H12N2O3S. The Labute approximate surface area is 98.6 Å². The normalized spacial score (nSPS) is 9.38. The first kappa shape index (κ1) is 12.3. The molecule has 6 heteroatoms. The minimum absolute atomic E-state index is 0.123. The van der Waals surface area contributed by atoms with Crippen LogP contribution in [-0.4, -0.2) is 30.5 Å². The van der Waals surface area contributed by atoms with E-state index < -0.39 is 6.09 Å². The van der Waals surface area contributed by atoms with Crippen molar-refractivity contribution in [2.75, 3.05) is 19.1 Å². The quantitative estimate of drug-likeness (QED) is 0.770. The minimum atomic E-state index is -1.18. The molecule has 0 saturated carbocycles. The summed E-state index contributed by atoms with van der Waals surface area (Å²) in [6.45, 7) is 0. The van der Waals surface area contributed by atoms with Gasteiger partial charge in [-0.15, -0.1) is 0 Å². The van der Waals surface area contributed by atoms with E-state index in [0.29, 0.717) is 0 Å². The maximum Gasteiger partial charge on any atom is 0.410 e. The van der Waals surface area contributed by atoms with E-state index in [2.05, 4.69) is 5.32 Å². The summed E-state index contributed by atoms with van der Waals surface area (Å²) in [4.78, 5) is 12.0. The van der Waals surface area contributed by atoms with Gasteiger partial charge < -0.3 is 14.7 Å². The van der Waals surface area contributed by atoms with Crippen LogP contribution in [0.3, 0.4) is 0 Å². The fourth-order valence-corrected chi connectivity index (χ4v) is 1.29. The largest absolute Gasteiger partial charge is 0.497 e. The molecule has 86 valence electrons. The van der Waals surface area contributed by atoms with Gasteiger partial charge in [0.05, 0.1) is 7.11 Å². The highest BCUT2D eigenvalue weighted by Crippen LogP contribution is 2.17. The van der Waals surface area contributed by atoms with Crippen molar-refractivity contribution in [3.05, 3.63) is 24.3 Å². The van der Waals surface area contributed by atoms with Crippen molar-refractivity contribution in [1.29, 1.82) is 0 Å². The van der Waals surface area contributed by atoms with Crippen molar-refractivity contribution in [1.82, 2.24) is 5.32 Å². The number of nitrogens with zero attached hydrogens (tertiary/aromatic N) is 1. The number of hydrogen-bond donors (Lipinski definition) is 2. The summed E-state index contributed by atoms with van der Waals surface area (Å²) in [5.41, 5.74) is 0.777. The van der Waals surface area contributed by atoms with E-state index in [9.17, 15) is 4.79 Å². The molecule has 0 aliphatic rings. The van der Waals surface area contributed by atoms with Crippen molar-refractivity contribution in [2.24, 2.45) is 0 Å². The van der Waals surface area contributed by atoms with Crippen molar-refractivity contribution >= 4 is 29.1 Å². The third-order valence-electron chi connectivity index (χ3n) is 1.98. The highest BCUT2D eigenvalue weighted by molar-refractivity contribution is 7.80. The third-order valence-corrected chi connectivity index (χ3v) is 2.35. The van der Waals surface area contributed by atoms with Gasteiger partial charge in [0, 0.05) is 12.7 Å². The first-order chi connectivity index (χ1) is 7.54. The molecule has 16 heavy (non-hydrogen) atoms. The third kappa shape index (κ3) is 3.09. The Hall–Kier alpha value is -1.82. The fourth-order valence-electron chi connectivity index (χ4n) is 1.10. The summed E-state index contributed by atoms with van der Waals surface area (Å²) < 4.78 is 5.01. The van der Waals surface area contributed by atoms with E-state index in [4.69, 9.17) is 22.1 Å². The Bertz CT molecular complexity index is 392. The number of rotatable bonds is 2. The van der Waals surface area contributed by atoms with Crippen molar-refractivity contribution in [3.63, 3.8) is 0 Å². The first-order valence-electron chi connectivity index (χ1n) is 4.46. The lowest BCUT2D eigenvalue weighted by atomic mass is 10.3. The second-order valence-corrected chi connectivity index (χ2v) is 3.38. The Balaban J connectivity index is 2.75. The summed E-state index contributed by atoms with van der Waals surface area (Å²) in [6.07, 6.45) is -1.18. The second kappa shape index (κ2) is 5.32. The van der Waals surface area contributed by atoms with Gasteiger partial charge in [-0.1, -0.05) is 0 Å². The number of hydrogen-bond acceptors (Lipinski definition) is 3. The Morgan fingerprint density at radius 1 is 1.44 bits per heavy atom. The number of nitrogens with one attached hydrogen (secondary N) is 1. The molecule has 0 aliphatic heterocycles. The molecule has 0 heterocycles. The molecule has 1 amide bonds. The van der Waals surface area contributed by atoms with E-state index in [1.54, 1.807) is 43.3 Å². The van der Waals surface area contributed by atoms with Crippen LogP contribution in [0.25, 0.3) is 0 Å². The van der Waals surface area contributed by atoms with Gasteiger partial charge in [0.1, 0.15) is 5.75 Å². The van der Waals surface area contributed by atoms with Crippen LogP contribution in [0.15, 0.2) is 24.3 Å². The van der Waals surface area contributed by atoms with Crippen LogP contribution >= 0.6 is 12.2 Å². The Kier molecular flexibility index (Phi) is 4.07. The highest BCUT2D eigenvalue weighted by Gasteiger charge is 2.09. The zero-order chi connectivity index (χ0) is 12.1. The van der Waals surface area contributed by atoms with Gasteiger partial charge in [0.15, 0.2) is 5.11 Å². The number of benzene rings is 1. The zero-order valence-electron chi connectivity index (χ0n) is 8.93. The topological polar surface area (TPSA) is 61.8 Å². The van der Waals surface area contributed by atoms with Crippen LogP contribution in [0.1, 0.15) is 0 Å². The van der Waals surface area contributed by atoms with Crippen LogP contribution in [0.2, 0.25) is 0 Å². The number of methoxy groups -OCH3 is 1. The number of anilines is 1. The molecule has 1 rings (SSSR count). The van der Waals surface area contributed by atoms with Gasteiger partial charge in [-0.05, 0) is 36.5 Å².